The fourth-order valence-electron chi connectivity index (χ4n) is 2.11. The summed E-state index contributed by atoms with van der Waals surface area (Å²) in [5.41, 5.74) is 0.628. The highest BCUT2D eigenvalue weighted by Gasteiger charge is 2.36. The number of amides is 2. The number of hydrogen-bond donors (Lipinski definition) is 0. The Morgan fingerprint density at radius 1 is 1.36 bits per heavy atom. The van der Waals surface area contributed by atoms with E-state index in [2.05, 4.69) is 25.8 Å². The van der Waals surface area contributed by atoms with Gasteiger partial charge in [-0.2, -0.15) is 0 Å². The van der Waals surface area contributed by atoms with Gasteiger partial charge in [0.1, 0.15) is 12.6 Å². The van der Waals surface area contributed by atoms with Crippen molar-refractivity contribution in [3.8, 4) is 0 Å². The molecule has 0 aromatic carbocycles. The van der Waals surface area contributed by atoms with Crippen LogP contribution in [0.15, 0.2) is 5.38 Å². The second-order valence-corrected chi connectivity index (χ2v) is 7.19. The summed E-state index contributed by atoms with van der Waals surface area (Å²) in [6, 6.07) is -0.886. The average molecular weight is 324 g/mol. The van der Waals surface area contributed by atoms with Crippen molar-refractivity contribution in [3.05, 3.63) is 16.1 Å². The molecule has 6 nitrogen and oxygen atoms in total. The van der Waals surface area contributed by atoms with E-state index in [4.69, 9.17) is 4.74 Å². The summed E-state index contributed by atoms with van der Waals surface area (Å²) >= 11 is 1.52. The summed E-state index contributed by atoms with van der Waals surface area (Å²) in [6.45, 7) is 7.74. The number of carbonyl (C=O) groups excluding carboxylic acids is 3. The van der Waals surface area contributed by atoms with E-state index in [-0.39, 0.29) is 36.7 Å². The molecule has 1 aliphatic heterocycles. The van der Waals surface area contributed by atoms with Crippen LogP contribution in [0.4, 0.5) is 0 Å². The van der Waals surface area contributed by atoms with Gasteiger partial charge in [0.05, 0.1) is 10.7 Å². The van der Waals surface area contributed by atoms with Crippen molar-refractivity contribution in [2.75, 3.05) is 0 Å². The third-order valence-electron chi connectivity index (χ3n) is 3.37. The molecule has 1 fully saturated rings. The molecule has 0 N–H and O–H groups in total. The van der Waals surface area contributed by atoms with Gasteiger partial charge in [-0.05, 0) is 6.92 Å². The summed E-state index contributed by atoms with van der Waals surface area (Å²) in [7, 11) is 0. The van der Waals surface area contributed by atoms with Crippen LogP contribution in [0.3, 0.4) is 0 Å². The molecule has 1 aromatic heterocycles. The predicted molar refractivity (Wildman–Crippen MR) is 81.2 cm³/mol. The Balaban J connectivity index is 1.94. The fourth-order valence-corrected chi connectivity index (χ4v) is 3.01. The largest absolute Gasteiger partial charge is 0.458 e. The molecule has 0 spiro atoms. The molecule has 7 heteroatoms. The number of likely N-dealkylation sites (tertiary alicyclic amines) is 1. The van der Waals surface area contributed by atoms with Gasteiger partial charge < -0.3 is 4.74 Å². The monoisotopic (exact) mass is 324 g/mol. The Morgan fingerprint density at radius 2 is 1.95 bits per heavy atom. The molecule has 1 saturated heterocycles. The Kier molecular flexibility index (Phi) is 4.65. The second-order valence-electron chi connectivity index (χ2n) is 6.34. The zero-order valence-corrected chi connectivity index (χ0v) is 14.0. The number of rotatable bonds is 4. The van der Waals surface area contributed by atoms with Crippen molar-refractivity contribution in [3.63, 3.8) is 0 Å². The maximum atomic E-state index is 12.0. The smallest absolute Gasteiger partial charge is 0.329 e. The molecule has 2 amide bonds. The SMILES string of the molecule is C[C@H](C(=O)OCc1csc(C(C)(C)C)n1)N1C(=O)CCC1=O. The first-order chi connectivity index (χ1) is 10.2. The van der Waals surface area contributed by atoms with Crippen molar-refractivity contribution < 1.29 is 19.1 Å². The van der Waals surface area contributed by atoms with E-state index in [0.29, 0.717) is 5.69 Å². The quantitative estimate of drug-likeness (QED) is 0.625. The van der Waals surface area contributed by atoms with E-state index < -0.39 is 12.0 Å². The highest BCUT2D eigenvalue weighted by molar-refractivity contribution is 7.09. The first kappa shape index (κ1) is 16.6. The van der Waals surface area contributed by atoms with Crippen LogP contribution in [0.2, 0.25) is 0 Å². The first-order valence-corrected chi connectivity index (χ1v) is 8.04. The van der Waals surface area contributed by atoms with Crippen LogP contribution in [0.5, 0.6) is 0 Å². The minimum Gasteiger partial charge on any atom is -0.458 e. The van der Waals surface area contributed by atoms with E-state index >= 15 is 0 Å². The van der Waals surface area contributed by atoms with Crippen LogP contribution in [0, 0.1) is 0 Å². The van der Waals surface area contributed by atoms with Crippen molar-refractivity contribution in [1.82, 2.24) is 9.88 Å². The lowest BCUT2D eigenvalue weighted by Gasteiger charge is -2.20. The predicted octanol–water partition coefficient (Wildman–Crippen LogP) is 2.02. The molecule has 0 radical (unpaired) electrons. The van der Waals surface area contributed by atoms with Crippen LogP contribution < -0.4 is 0 Å². The minimum absolute atomic E-state index is 0.0470. The van der Waals surface area contributed by atoms with Crippen molar-refractivity contribution in [1.29, 1.82) is 0 Å². The molecule has 22 heavy (non-hydrogen) atoms. The number of ether oxygens (including phenoxy) is 1. The van der Waals surface area contributed by atoms with Crippen molar-refractivity contribution in [2.45, 2.75) is 58.6 Å². The Morgan fingerprint density at radius 3 is 2.45 bits per heavy atom. The molecule has 0 aliphatic carbocycles. The van der Waals surface area contributed by atoms with Crippen molar-refractivity contribution >= 4 is 29.1 Å². The summed E-state index contributed by atoms with van der Waals surface area (Å²) < 4.78 is 5.18. The number of esters is 1. The fraction of sp³-hybridized carbons (Fsp3) is 0.600. The van der Waals surface area contributed by atoms with E-state index in [1.165, 1.54) is 18.3 Å². The van der Waals surface area contributed by atoms with E-state index in [1.807, 2.05) is 5.38 Å². The van der Waals surface area contributed by atoms with Gasteiger partial charge >= 0.3 is 5.97 Å². The van der Waals surface area contributed by atoms with E-state index in [9.17, 15) is 14.4 Å². The van der Waals surface area contributed by atoms with Gasteiger partial charge in [0.15, 0.2) is 0 Å². The van der Waals surface area contributed by atoms with Gasteiger partial charge in [-0.3, -0.25) is 14.5 Å². The minimum atomic E-state index is -0.886. The number of carbonyl (C=O) groups is 3. The van der Waals surface area contributed by atoms with Crippen LogP contribution in [0.1, 0.15) is 51.2 Å². The highest BCUT2D eigenvalue weighted by Crippen LogP contribution is 2.26. The number of aromatic nitrogens is 1. The standard InChI is InChI=1S/C15H20N2O4S/c1-9(17-11(18)5-6-12(17)19)13(20)21-7-10-8-22-14(16-10)15(2,3)4/h8-9H,5-7H2,1-4H3/t9-/m1/s1. The number of nitrogens with zero attached hydrogens (tertiary/aromatic N) is 2. The third kappa shape index (κ3) is 3.52. The number of hydrogen-bond acceptors (Lipinski definition) is 6. The zero-order valence-electron chi connectivity index (χ0n) is 13.2. The average Bonchev–Trinajstić information content (AvgIpc) is 3.02. The lowest BCUT2D eigenvalue weighted by molar-refractivity contribution is -0.158. The molecule has 1 aromatic rings. The van der Waals surface area contributed by atoms with Gasteiger partial charge in [0.25, 0.3) is 0 Å². The Labute approximate surface area is 133 Å². The van der Waals surface area contributed by atoms with Crippen LogP contribution >= 0.6 is 11.3 Å². The number of imide groups is 1. The summed E-state index contributed by atoms with van der Waals surface area (Å²) in [4.78, 5) is 40.6. The highest BCUT2D eigenvalue weighted by atomic mass is 32.1. The molecule has 0 bridgehead atoms. The van der Waals surface area contributed by atoms with Gasteiger partial charge in [0, 0.05) is 23.6 Å². The van der Waals surface area contributed by atoms with Crippen LogP contribution in [0.25, 0.3) is 0 Å². The third-order valence-corrected chi connectivity index (χ3v) is 4.69. The van der Waals surface area contributed by atoms with E-state index in [1.54, 1.807) is 0 Å². The Bertz CT molecular complexity index is 587. The lowest BCUT2D eigenvalue weighted by Crippen LogP contribution is -2.43. The summed E-state index contributed by atoms with van der Waals surface area (Å²) in [5.74, 6) is -1.23. The van der Waals surface area contributed by atoms with Gasteiger partial charge in [-0.1, -0.05) is 20.8 Å². The number of thiazole rings is 1. The maximum absolute atomic E-state index is 12.0. The van der Waals surface area contributed by atoms with Crippen LogP contribution in [-0.2, 0) is 31.1 Å². The summed E-state index contributed by atoms with van der Waals surface area (Å²) in [5, 5.41) is 2.82. The van der Waals surface area contributed by atoms with E-state index in [0.717, 1.165) is 9.91 Å². The van der Waals surface area contributed by atoms with Crippen LogP contribution in [-0.4, -0.2) is 33.7 Å². The molecule has 1 aliphatic rings. The first-order valence-electron chi connectivity index (χ1n) is 7.16. The zero-order chi connectivity index (χ0) is 16.5. The molecular formula is C15H20N2O4S. The molecule has 0 saturated carbocycles. The second kappa shape index (κ2) is 6.16. The molecule has 1 atom stereocenters. The molecule has 2 heterocycles. The molecule has 0 unspecified atom stereocenters. The molecule has 120 valence electrons. The van der Waals surface area contributed by atoms with Crippen molar-refractivity contribution in [2.24, 2.45) is 0 Å². The molecule has 2 rings (SSSR count). The van der Waals surface area contributed by atoms with Gasteiger partial charge in [0.2, 0.25) is 11.8 Å². The topological polar surface area (TPSA) is 76.6 Å². The van der Waals surface area contributed by atoms with Gasteiger partial charge in [-0.15, -0.1) is 11.3 Å². The normalized spacial score (nSPS) is 17.0. The molecular weight excluding hydrogens is 304 g/mol. The Hall–Kier alpha value is -1.76. The lowest BCUT2D eigenvalue weighted by atomic mass is 9.98. The van der Waals surface area contributed by atoms with Gasteiger partial charge in [-0.25, -0.2) is 9.78 Å². The maximum Gasteiger partial charge on any atom is 0.329 e. The summed E-state index contributed by atoms with van der Waals surface area (Å²) in [6.07, 6.45) is 0.328.